The number of rotatable bonds is 7. The molecule has 0 aromatic heterocycles. The molecule has 0 fully saturated rings. The van der Waals surface area contributed by atoms with E-state index in [0.29, 0.717) is 6.61 Å². The second kappa shape index (κ2) is 9.40. The molecule has 0 radical (unpaired) electrons. The van der Waals surface area contributed by atoms with Crippen LogP contribution in [0.5, 0.6) is 5.75 Å². The van der Waals surface area contributed by atoms with Gasteiger partial charge in [0.1, 0.15) is 5.75 Å². The van der Waals surface area contributed by atoms with Gasteiger partial charge in [-0.3, -0.25) is 0 Å². The van der Waals surface area contributed by atoms with Gasteiger partial charge in [-0.2, -0.15) is 0 Å². The summed E-state index contributed by atoms with van der Waals surface area (Å²) in [5.74, 6) is 0.865. The summed E-state index contributed by atoms with van der Waals surface area (Å²) < 4.78 is 11.9. The lowest BCUT2D eigenvalue weighted by Gasteiger charge is -2.35. The zero-order valence-corrected chi connectivity index (χ0v) is 19.9. The first kappa shape index (κ1) is 22.4. The fraction of sp³-hybridized carbons (Fsp3) is 0.286. The topological polar surface area (TPSA) is 30.5 Å². The maximum absolute atomic E-state index is 6.30. The van der Waals surface area contributed by atoms with E-state index in [1.165, 1.54) is 16.7 Å². The van der Waals surface area contributed by atoms with Crippen molar-refractivity contribution in [2.45, 2.75) is 38.8 Å². The van der Waals surface area contributed by atoms with Crippen LogP contribution in [-0.2, 0) is 11.2 Å². The van der Waals surface area contributed by atoms with Crippen LogP contribution in [0.15, 0.2) is 72.8 Å². The Morgan fingerprint density at radius 1 is 0.906 bits per heavy atom. The van der Waals surface area contributed by atoms with Crippen LogP contribution in [0, 0.1) is 0 Å². The van der Waals surface area contributed by atoms with E-state index in [1.54, 1.807) is 7.11 Å². The van der Waals surface area contributed by atoms with E-state index in [0.717, 1.165) is 34.0 Å². The van der Waals surface area contributed by atoms with Gasteiger partial charge >= 0.3 is 0 Å². The highest BCUT2D eigenvalue weighted by Gasteiger charge is 2.29. The number of halogens is 1. The van der Waals surface area contributed by atoms with Crippen molar-refractivity contribution in [2.24, 2.45) is 0 Å². The Labute approximate surface area is 196 Å². The standard InChI is InChI=1S/C28H30ClNO2/c1-19(32-17-16-20-12-14-21(29)15-13-20)25-18-28(2,3)30-27-23(9-7-10-24(25)27)22-8-5-6-11-26(22)31-4/h5-15,18-19,30H,16-17H2,1-4H3. The molecule has 3 aromatic carbocycles. The molecule has 0 aliphatic carbocycles. The van der Waals surface area contributed by atoms with Crippen LogP contribution >= 0.6 is 11.6 Å². The first-order valence-electron chi connectivity index (χ1n) is 11.0. The van der Waals surface area contributed by atoms with Crippen molar-refractivity contribution in [3.05, 3.63) is 89.0 Å². The number of nitrogens with one attached hydrogen (secondary N) is 1. The molecule has 0 spiro atoms. The Balaban J connectivity index is 1.61. The summed E-state index contributed by atoms with van der Waals surface area (Å²) in [6, 6.07) is 22.5. The van der Waals surface area contributed by atoms with Gasteiger partial charge in [-0.15, -0.1) is 0 Å². The molecular weight excluding hydrogens is 418 g/mol. The van der Waals surface area contributed by atoms with Crippen molar-refractivity contribution >= 4 is 22.9 Å². The summed E-state index contributed by atoms with van der Waals surface area (Å²) in [4.78, 5) is 0. The van der Waals surface area contributed by atoms with Crippen LogP contribution in [0.1, 0.15) is 31.9 Å². The molecule has 3 nitrogen and oxygen atoms in total. The van der Waals surface area contributed by atoms with Crippen LogP contribution in [0.4, 0.5) is 5.69 Å². The molecule has 3 aromatic rings. The van der Waals surface area contributed by atoms with Gasteiger partial charge in [-0.1, -0.05) is 66.2 Å². The molecular formula is C28H30ClNO2. The maximum Gasteiger partial charge on any atom is 0.126 e. The zero-order valence-electron chi connectivity index (χ0n) is 19.1. The van der Waals surface area contributed by atoms with E-state index in [1.807, 2.05) is 30.3 Å². The molecule has 1 aliphatic rings. The third-order valence-corrected chi connectivity index (χ3v) is 6.10. The summed E-state index contributed by atoms with van der Waals surface area (Å²) >= 11 is 6.00. The molecule has 4 rings (SSSR count). The van der Waals surface area contributed by atoms with Gasteiger partial charge in [0, 0.05) is 21.7 Å². The summed E-state index contributed by atoms with van der Waals surface area (Å²) in [5.41, 5.74) is 6.73. The second-order valence-electron chi connectivity index (χ2n) is 8.76. The van der Waals surface area contributed by atoms with Crippen molar-refractivity contribution in [2.75, 3.05) is 19.0 Å². The second-order valence-corrected chi connectivity index (χ2v) is 9.20. The molecule has 1 heterocycles. The van der Waals surface area contributed by atoms with Gasteiger partial charge in [0.15, 0.2) is 0 Å². The van der Waals surface area contributed by atoms with E-state index in [9.17, 15) is 0 Å². The number of hydrogen-bond acceptors (Lipinski definition) is 3. The molecule has 0 saturated heterocycles. The van der Waals surface area contributed by atoms with Crippen LogP contribution in [0.25, 0.3) is 16.7 Å². The lowest BCUT2D eigenvalue weighted by atomic mass is 9.85. The quantitative estimate of drug-likeness (QED) is 0.413. The Morgan fingerprint density at radius 2 is 1.59 bits per heavy atom. The fourth-order valence-electron chi connectivity index (χ4n) is 4.27. The smallest absolute Gasteiger partial charge is 0.126 e. The molecule has 166 valence electrons. The number of anilines is 1. The molecule has 32 heavy (non-hydrogen) atoms. The predicted octanol–water partition coefficient (Wildman–Crippen LogP) is 7.25. The van der Waals surface area contributed by atoms with Gasteiger partial charge in [0.2, 0.25) is 0 Å². The fourth-order valence-corrected chi connectivity index (χ4v) is 4.40. The van der Waals surface area contributed by atoms with Gasteiger partial charge in [-0.25, -0.2) is 0 Å². The molecule has 1 unspecified atom stereocenters. The van der Waals surface area contributed by atoms with Gasteiger partial charge < -0.3 is 14.8 Å². The minimum absolute atomic E-state index is 0.0321. The van der Waals surface area contributed by atoms with E-state index in [4.69, 9.17) is 21.1 Å². The number of ether oxygens (including phenoxy) is 2. The molecule has 0 amide bonds. The van der Waals surface area contributed by atoms with Crippen LogP contribution in [-0.4, -0.2) is 25.4 Å². The molecule has 1 aliphatic heterocycles. The highest BCUT2D eigenvalue weighted by atomic mass is 35.5. The lowest BCUT2D eigenvalue weighted by Crippen LogP contribution is -2.34. The van der Waals surface area contributed by atoms with Gasteiger partial charge in [0.25, 0.3) is 0 Å². The van der Waals surface area contributed by atoms with Gasteiger partial charge in [-0.05, 0) is 56.5 Å². The summed E-state index contributed by atoms with van der Waals surface area (Å²) in [7, 11) is 1.72. The number of benzene rings is 3. The highest BCUT2D eigenvalue weighted by molar-refractivity contribution is 6.30. The van der Waals surface area contributed by atoms with E-state index < -0.39 is 0 Å². The van der Waals surface area contributed by atoms with E-state index >= 15 is 0 Å². The average molecular weight is 448 g/mol. The summed E-state index contributed by atoms with van der Waals surface area (Å²) in [6.07, 6.45) is 3.11. The molecule has 0 saturated carbocycles. The molecule has 1 atom stereocenters. The van der Waals surface area contributed by atoms with Crippen molar-refractivity contribution in [1.82, 2.24) is 0 Å². The molecule has 4 heteroatoms. The van der Waals surface area contributed by atoms with Gasteiger partial charge in [0.05, 0.1) is 31.0 Å². The molecule has 1 N–H and O–H groups in total. The highest BCUT2D eigenvalue weighted by Crippen LogP contribution is 2.44. The minimum atomic E-state index is -0.200. The monoisotopic (exact) mass is 447 g/mol. The van der Waals surface area contributed by atoms with Crippen LogP contribution in [0.2, 0.25) is 5.02 Å². The molecule has 0 bridgehead atoms. The zero-order chi connectivity index (χ0) is 22.7. The Kier molecular flexibility index (Phi) is 6.59. The van der Waals surface area contributed by atoms with E-state index in [2.05, 4.69) is 68.6 Å². The van der Waals surface area contributed by atoms with Crippen molar-refractivity contribution in [3.8, 4) is 16.9 Å². The average Bonchev–Trinajstić information content (AvgIpc) is 2.79. The number of para-hydroxylation sites is 2. The SMILES string of the molecule is COc1ccccc1-c1cccc2c1NC(C)(C)C=C2C(C)OCCc1ccc(Cl)cc1. The normalized spacial score (nSPS) is 15.3. The number of methoxy groups -OCH3 is 1. The largest absolute Gasteiger partial charge is 0.496 e. The van der Waals surface area contributed by atoms with Crippen LogP contribution < -0.4 is 10.1 Å². The van der Waals surface area contributed by atoms with Crippen molar-refractivity contribution in [3.63, 3.8) is 0 Å². The maximum atomic E-state index is 6.30. The minimum Gasteiger partial charge on any atom is -0.496 e. The van der Waals surface area contributed by atoms with E-state index in [-0.39, 0.29) is 11.6 Å². The first-order chi connectivity index (χ1) is 15.4. The number of fused-ring (bicyclic) bond motifs is 1. The van der Waals surface area contributed by atoms with Crippen LogP contribution in [0.3, 0.4) is 0 Å². The lowest BCUT2D eigenvalue weighted by molar-refractivity contribution is 0.106. The Bertz CT molecular complexity index is 1120. The van der Waals surface area contributed by atoms with Crippen molar-refractivity contribution in [1.29, 1.82) is 0 Å². The first-order valence-corrected chi connectivity index (χ1v) is 11.4. The number of hydrogen-bond donors (Lipinski definition) is 1. The Morgan fingerprint density at radius 3 is 2.34 bits per heavy atom. The third-order valence-electron chi connectivity index (χ3n) is 5.85. The predicted molar refractivity (Wildman–Crippen MR) is 135 cm³/mol. The summed E-state index contributed by atoms with van der Waals surface area (Å²) in [6.45, 7) is 7.16. The van der Waals surface area contributed by atoms with Crippen molar-refractivity contribution < 1.29 is 9.47 Å². The summed E-state index contributed by atoms with van der Waals surface area (Å²) in [5, 5.41) is 4.48. The Hall–Kier alpha value is -2.75. The third kappa shape index (κ3) is 4.85.